The van der Waals surface area contributed by atoms with E-state index in [-0.39, 0.29) is 11.5 Å². The van der Waals surface area contributed by atoms with Crippen molar-refractivity contribution >= 4 is 16.5 Å². The molecule has 0 bridgehead atoms. The van der Waals surface area contributed by atoms with Crippen LogP contribution in [0.15, 0.2) is 30.6 Å². The summed E-state index contributed by atoms with van der Waals surface area (Å²) in [4.78, 5) is 3.88. The Balaban J connectivity index is 2.91. The maximum absolute atomic E-state index is 13.2. The maximum atomic E-state index is 13.2. The van der Waals surface area contributed by atoms with Crippen LogP contribution in [0, 0.1) is 5.82 Å². The summed E-state index contributed by atoms with van der Waals surface area (Å²) in [5.74, 6) is -0.366. The number of rotatable bonds is 0. The van der Waals surface area contributed by atoms with Gasteiger partial charge in [0.15, 0.2) is 5.82 Å². The number of anilines is 1. The topological polar surface area (TPSA) is 38.9 Å². The van der Waals surface area contributed by atoms with Crippen LogP contribution in [0.5, 0.6) is 0 Å². The molecular weight excluding hydrogens is 155 g/mol. The van der Waals surface area contributed by atoms with Crippen LogP contribution in [0.3, 0.4) is 0 Å². The van der Waals surface area contributed by atoms with Gasteiger partial charge in [-0.1, -0.05) is 6.07 Å². The highest BCUT2D eigenvalue weighted by Gasteiger charge is 2.02. The van der Waals surface area contributed by atoms with Gasteiger partial charge in [0, 0.05) is 23.2 Å². The SMILES string of the molecule is Nc1ccc2cnccc2c1F. The van der Waals surface area contributed by atoms with Gasteiger partial charge in [-0.05, 0) is 12.1 Å². The number of hydrogen-bond donors (Lipinski definition) is 1. The van der Waals surface area contributed by atoms with Crippen LogP contribution in [0.4, 0.5) is 10.1 Å². The van der Waals surface area contributed by atoms with E-state index in [0.29, 0.717) is 5.39 Å². The fourth-order valence-corrected chi connectivity index (χ4v) is 1.15. The summed E-state index contributed by atoms with van der Waals surface area (Å²) >= 11 is 0. The number of pyridine rings is 1. The third-order valence-corrected chi connectivity index (χ3v) is 1.78. The minimum atomic E-state index is -0.366. The zero-order valence-corrected chi connectivity index (χ0v) is 6.29. The Morgan fingerprint density at radius 2 is 2.08 bits per heavy atom. The lowest BCUT2D eigenvalue weighted by Crippen LogP contribution is -1.91. The number of hydrogen-bond acceptors (Lipinski definition) is 2. The number of benzene rings is 1. The predicted molar refractivity (Wildman–Crippen MR) is 46.1 cm³/mol. The smallest absolute Gasteiger partial charge is 0.153 e. The van der Waals surface area contributed by atoms with Gasteiger partial charge in [-0.15, -0.1) is 0 Å². The second-order valence-electron chi connectivity index (χ2n) is 2.57. The van der Waals surface area contributed by atoms with E-state index in [9.17, 15) is 4.39 Å². The summed E-state index contributed by atoms with van der Waals surface area (Å²) in [7, 11) is 0. The molecule has 2 aromatic rings. The molecule has 0 aliphatic carbocycles. The number of fused-ring (bicyclic) bond motifs is 1. The molecule has 0 saturated heterocycles. The molecule has 60 valence electrons. The molecule has 0 aliphatic rings. The lowest BCUT2D eigenvalue weighted by atomic mass is 10.1. The summed E-state index contributed by atoms with van der Waals surface area (Å²) in [6, 6.07) is 4.90. The number of nitrogens with zero attached hydrogens (tertiary/aromatic N) is 1. The molecular formula is C9H7FN2. The molecule has 3 heteroatoms. The monoisotopic (exact) mass is 162 g/mol. The van der Waals surface area contributed by atoms with Gasteiger partial charge in [0.05, 0.1) is 5.69 Å². The van der Waals surface area contributed by atoms with E-state index < -0.39 is 0 Å². The molecule has 0 fully saturated rings. The molecule has 12 heavy (non-hydrogen) atoms. The first-order valence-corrected chi connectivity index (χ1v) is 3.57. The molecule has 2 nitrogen and oxygen atoms in total. The summed E-state index contributed by atoms with van der Waals surface area (Å²) in [5, 5.41) is 1.29. The first kappa shape index (κ1) is 7.03. The van der Waals surface area contributed by atoms with Crippen molar-refractivity contribution in [1.82, 2.24) is 4.98 Å². The van der Waals surface area contributed by atoms with E-state index in [1.807, 2.05) is 0 Å². The number of aromatic nitrogens is 1. The van der Waals surface area contributed by atoms with Gasteiger partial charge in [-0.2, -0.15) is 0 Å². The molecule has 2 N–H and O–H groups in total. The molecule has 0 saturated carbocycles. The Morgan fingerprint density at radius 3 is 2.92 bits per heavy atom. The Morgan fingerprint density at radius 1 is 1.25 bits per heavy atom. The van der Waals surface area contributed by atoms with Crippen molar-refractivity contribution in [2.24, 2.45) is 0 Å². The van der Waals surface area contributed by atoms with Crippen LogP contribution < -0.4 is 5.73 Å². The van der Waals surface area contributed by atoms with Crippen LogP contribution in [-0.2, 0) is 0 Å². The summed E-state index contributed by atoms with van der Waals surface area (Å²) in [6.07, 6.45) is 3.16. The second kappa shape index (κ2) is 2.44. The third kappa shape index (κ3) is 0.906. The average molecular weight is 162 g/mol. The maximum Gasteiger partial charge on any atom is 0.153 e. The third-order valence-electron chi connectivity index (χ3n) is 1.78. The number of nitrogen functional groups attached to an aromatic ring is 1. The second-order valence-corrected chi connectivity index (χ2v) is 2.57. The van der Waals surface area contributed by atoms with E-state index in [1.165, 1.54) is 0 Å². The molecule has 0 spiro atoms. The highest BCUT2D eigenvalue weighted by Crippen LogP contribution is 2.20. The van der Waals surface area contributed by atoms with E-state index >= 15 is 0 Å². The normalized spacial score (nSPS) is 10.4. The van der Waals surface area contributed by atoms with Crippen molar-refractivity contribution in [3.05, 3.63) is 36.4 Å². The summed E-state index contributed by atoms with van der Waals surface area (Å²) < 4.78 is 13.2. The van der Waals surface area contributed by atoms with Crippen molar-refractivity contribution in [3.63, 3.8) is 0 Å². The van der Waals surface area contributed by atoms with Crippen molar-refractivity contribution in [1.29, 1.82) is 0 Å². The molecule has 1 heterocycles. The molecule has 0 unspecified atom stereocenters. The van der Waals surface area contributed by atoms with Gasteiger partial charge in [0.1, 0.15) is 0 Å². The standard InChI is InChI=1S/C9H7FN2/c10-9-7-3-4-12-5-6(7)1-2-8(9)11/h1-5H,11H2. The molecule has 0 aliphatic heterocycles. The zero-order chi connectivity index (χ0) is 8.55. The molecule has 1 aromatic carbocycles. The summed E-state index contributed by atoms with van der Waals surface area (Å²) in [5.41, 5.74) is 5.57. The minimum Gasteiger partial charge on any atom is -0.396 e. The van der Waals surface area contributed by atoms with Crippen LogP contribution in [-0.4, -0.2) is 4.98 Å². The molecule has 1 aromatic heterocycles. The Bertz CT molecular complexity index is 426. The molecule has 0 atom stereocenters. The van der Waals surface area contributed by atoms with Crippen LogP contribution in [0.2, 0.25) is 0 Å². The van der Waals surface area contributed by atoms with Crippen LogP contribution >= 0.6 is 0 Å². The first-order valence-electron chi connectivity index (χ1n) is 3.57. The largest absolute Gasteiger partial charge is 0.396 e. The predicted octanol–water partition coefficient (Wildman–Crippen LogP) is 1.96. The van der Waals surface area contributed by atoms with Gasteiger partial charge in [-0.3, -0.25) is 4.98 Å². The van der Waals surface area contributed by atoms with Crippen LogP contribution in [0.1, 0.15) is 0 Å². The zero-order valence-electron chi connectivity index (χ0n) is 6.29. The van der Waals surface area contributed by atoms with Gasteiger partial charge < -0.3 is 5.73 Å². The molecule has 0 amide bonds. The lowest BCUT2D eigenvalue weighted by Gasteiger charge is -2.00. The quantitative estimate of drug-likeness (QED) is 0.601. The fourth-order valence-electron chi connectivity index (χ4n) is 1.15. The van der Waals surface area contributed by atoms with Crippen molar-refractivity contribution in [2.45, 2.75) is 0 Å². The van der Waals surface area contributed by atoms with Crippen molar-refractivity contribution < 1.29 is 4.39 Å². The Labute approximate surface area is 68.8 Å². The fraction of sp³-hybridized carbons (Fsp3) is 0. The van der Waals surface area contributed by atoms with E-state index in [1.54, 1.807) is 30.6 Å². The van der Waals surface area contributed by atoms with Gasteiger partial charge >= 0.3 is 0 Å². The Kier molecular flexibility index (Phi) is 1.43. The lowest BCUT2D eigenvalue weighted by molar-refractivity contribution is 0.644. The van der Waals surface area contributed by atoms with E-state index in [4.69, 9.17) is 5.73 Å². The van der Waals surface area contributed by atoms with E-state index in [0.717, 1.165) is 5.39 Å². The average Bonchev–Trinajstić information content (AvgIpc) is 2.12. The van der Waals surface area contributed by atoms with Gasteiger partial charge in [0.25, 0.3) is 0 Å². The number of halogens is 1. The van der Waals surface area contributed by atoms with Gasteiger partial charge in [-0.25, -0.2) is 4.39 Å². The molecule has 2 rings (SSSR count). The van der Waals surface area contributed by atoms with Gasteiger partial charge in [0.2, 0.25) is 0 Å². The minimum absolute atomic E-state index is 0.175. The van der Waals surface area contributed by atoms with E-state index in [2.05, 4.69) is 4.98 Å². The number of nitrogens with two attached hydrogens (primary N) is 1. The Hall–Kier alpha value is -1.64. The van der Waals surface area contributed by atoms with Crippen LogP contribution in [0.25, 0.3) is 10.8 Å². The highest BCUT2D eigenvalue weighted by molar-refractivity contribution is 5.85. The first-order chi connectivity index (χ1) is 5.79. The molecule has 0 radical (unpaired) electrons. The highest BCUT2D eigenvalue weighted by atomic mass is 19.1. The van der Waals surface area contributed by atoms with Crippen molar-refractivity contribution in [3.8, 4) is 0 Å². The van der Waals surface area contributed by atoms with Crippen molar-refractivity contribution in [2.75, 3.05) is 5.73 Å². The summed E-state index contributed by atoms with van der Waals surface area (Å²) in [6.45, 7) is 0.